The first-order chi connectivity index (χ1) is 5.61. The van der Waals surface area contributed by atoms with Gasteiger partial charge in [0.05, 0.1) is 13.0 Å². The molecular formula is C7H11NO4. The Morgan fingerprint density at radius 1 is 1.83 bits per heavy atom. The van der Waals surface area contributed by atoms with Crippen LogP contribution in [0.15, 0.2) is 0 Å². The number of ether oxygens (including phenoxy) is 1. The molecule has 0 saturated carbocycles. The molecule has 1 N–H and O–H groups in total. The first-order valence-corrected chi connectivity index (χ1v) is 3.76. The summed E-state index contributed by atoms with van der Waals surface area (Å²) in [5.74, 6) is -0.901. The van der Waals surface area contributed by atoms with Crippen molar-refractivity contribution >= 4 is 12.1 Å². The number of carbonyl (C=O) groups is 2. The van der Waals surface area contributed by atoms with Crippen LogP contribution in [0.3, 0.4) is 0 Å². The topological polar surface area (TPSA) is 66.8 Å². The molecule has 1 saturated heterocycles. The molecule has 5 heteroatoms. The number of aliphatic carboxylic acids is 1. The monoisotopic (exact) mass is 173 g/mol. The van der Waals surface area contributed by atoms with Crippen molar-refractivity contribution in [3.8, 4) is 0 Å². The van der Waals surface area contributed by atoms with Gasteiger partial charge in [0.25, 0.3) is 0 Å². The summed E-state index contributed by atoms with van der Waals surface area (Å²) in [6.07, 6.45) is -0.446. The smallest absolute Gasteiger partial charge is 0.410 e. The van der Waals surface area contributed by atoms with Crippen molar-refractivity contribution in [3.63, 3.8) is 0 Å². The summed E-state index contributed by atoms with van der Waals surface area (Å²) in [7, 11) is 0. The normalized spacial score (nSPS) is 19.1. The number of carboxylic acid groups (broad SMARTS) is 1. The van der Waals surface area contributed by atoms with Crippen LogP contribution in [0, 0.1) is 0 Å². The molecule has 0 aromatic carbocycles. The van der Waals surface area contributed by atoms with Crippen molar-refractivity contribution < 1.29 is 19.4 Å². The van der Waals surface area contributed by atoms with Crippen LogP contribution in [-0.4, -0.2) is 41.3 Å². The molecule has 5 nitrogen and oxygen atoms in total. The first-order valence-electron chi connectivity index (χ1n) is 3.76. The predicted octanol–water partition coefficient (Wildman–Crippen LogP) is 0.302. The van der Waals surface area contributed by atoms with E-state index >= 15 is 0 Å². The Labute approximate surface area is 69.9 Å². The van der Waals surface area contributed by atoms with Crippen molar-refractivity contribution in [2.45, 2.75) is 19.4 Å². The maximum Gasteiger partial charge on any atom is 0.410 e. The van der Waals surface area contributed by atoms with E-state index in [1.807, 2.05) is 0 Å². The number of carbonyl (C=O) groups excluding carboxylic acids is 1. The second-order valence-corrected chi connectivity index (χ2v) is 2.75. The van der Waals surface area contributed by atoms with Crippen molar-refractivity contribution in [3.05, 3.63) is 0 Å². The summed E-state index contributed by atoms with van der Waals surface area (Å²) < 4.78 is 4.66. The molecule has 0 aromatic rings. The van der Waals surface area contributed by atoms with E-state index in [2.05, 4.69) is 4.74 Å². The zero-order valence-corrected chi connectivity index (χ0v) is 6.82. The molecule has 1 rings (SSSR count). The highest BCUT2D eigenvalue weighted by atomic mass is 16.6. The van der Waals surface area contributed by atoms with Gasteiger partial charge in [0.2, 0.25) is 0 Å². The van der Waals surface area contributed by atoms with E-state index in [0.29, 0.717) is 13.2 Å². The van der Waals surface area contributed by atoms with Crippen LogP contribution in [-0.2, 0) is 9.53 Å². The Hall–Kier alpha value is -1.26. The molecule has 0 bridgehead atoms. The van der Waals surface area contributed by atoms with E-state index < -0.39 is 12.1 Å². The van der Waals surface area contributed by atoms with E-state index in [-0.39, 0.29) is 12.5 Å². The number of cyclic esters (lactones) is 1. The molecule has 1 heterocycles. The van der Waals surface area contributed by atoms with Gasteiger partial charge in [-0.25, -0.2) is 4.79 Å². The first kappa shape index (κ1) is 8.83. The zero-order chi connectivity index (χ0) is 9.14. The Bertz CT molecular complexity index is 204. The lowest BCUT2D eigenvalue weighted by molar-refractivity contribution is -0.137. The van der Waals surface area contributed by atoms with Crippen LogP contribution < -0.4 is 0 Å². The molecule has 1 aliphatic rings. The molecule has 1 amide bonds. The standard InChI is InChI=1S/C7H11NO4/c1-5(4-6(9)10)8-2-3-12-7(8)11/h5H,2-4H2,1H3,(H,9,10). The minimum atomic E-state index is -0.901. The Balaban J connectivity index is 2.45. The highest BCUT2D eigenvalue weighted by Crippen LogP contribution is 2.10. The van der Waals surface area contributed by atoms with Crippen LogP contribution in [0.1, 0.15) is 13.3 Å². The quantitative estimate of drug-likeness (QED) is 0.666. The van der Waals surface area contributed by atoms with E-state index in [4.69, 9.17) is 5.11 Å². The van der Waals surface area contributed by atoms with Crippen LogP contribution >= 0.6 is 0 Å². The summed E-state index contributed by atoms with van der Waals surface area (Å²) >= 11 is 0. The van der Waals surface area contributed by atoms with Crippen molar-refractivity contribution in [2.24, 2.45) is 0 Å². The average Bonchev–Trinajstić information content (AvgIpc) is 2.33. The van der Waals surface area contributed by atoms with Crippen LogP contribution in [0.5, 0.6) is 0 Å². The van der Waals surface area contributed by atoms with Gasteiger partial charge in [0, 0.05) is 6.04 Å². The van der Waals surface area contributed by atoms with Gasteiger partial charge in [-0.3, -0.25) is 4.79 Å². The molecule has 1 atom stereocenters. The van der Waals surface area contributed by atoms with Gasteiger partial charge in [0.1, 0.15) is 6.61 Å². The second kappa shape index (κ2) is 3.42. The lowest BCUT2D eigenvalue weighted by atomic mass is 10.2. The number of nitrogens with zero attached hydrogens (tertiary/aromatic N) is 1. The lowest BCUT2D eigenvalue weighted by Crippen LogP contribution is -2.35. The third kappa shape index (κ3) is 1.87. The summed E-state index contributed by atoms with van der Waals surface area (Å²) in [6, 6.07) is -0.280. The molecule has 0 aliphatic carbocycles. The molecule has 1 aliphatic heterocycles. The largest absolute Gasteiger partial charge is 0.481 e. The van der Waals surface area contributed by atoms with E-state index in [1.54, 1.807) is 6.92 Å². The third-order valence-corrected chi connectivity index (χ3v) is 1.79. The third-order valence-electron chi connectivity index (χ3n) is 1.79. The SMILES string of the molecule is CC(CC(=O)O)N1CCOC1=O. The average molecular weight is 173 g/mol. The lowest BCUT2D eigenvalue weighted by Gasteiger charge is -2.19. The molecule has 0 radical (unpaired) electrons. The van der Waals surface area contributed by atoms with Crippen LogP contribution in [0.2, 0.25) is 0 Å². The molecule has 0 spiro atoms. The van der Waals surface area contributed by atoms with E-state index in [9.17, 15) is 9.59 Å². The molecule has 1 unspecified atom stereocenters. The van der Waals surface area contributed by atoms with E-state index in [0.717, 1.165) is 0 Å². The fraction of sp³-hybridized carbons (Fsp3) is 0.714. The number of hydrogen-bond donors (Lipinski definition) is 1. The minimum absolute atomic E-state index is 0.0326. The molecule has 68 valence electrons. The number of hydrogen-bond acceptors (Lipinski definition) is 3. The van der Waals surface area contributed by atoms with Gasteiger partial charge in [-0.15, -0.1) is 0 Å². The Morgan fingerprint density at radius 2 is 2.50 bits per heavy atom. The zero-order valence-electron chi connectivity index (χ0n) is 6.82. The minimum Gasteiger partial charge on any atom is -0.481 e. The summed E-state index contributed by atoms with van der Waals surface area (Å²) in [6.45, 7) is 2.55. The van der Waals surface area contributed by atoms with Gasteiger partial charge in [-0.05, 0) is 6.92 Å². The summed E-state index contributed by atoms with van der Waals surface area (Å²) in [5.41, 5.74) is 0. The second-order valence-electron chi connectivity index (χ2n) is 2.75. The van der Waals surface area contributed by atoms with Gasteiger partial charge < -0.3 is 14.7 Å². The highest BCUT2D eigenvalue weighted by molar-refractivity contribution is 5.72. The molecule has 12 heavy (non-hydrogen) atoms. The van der Waals surface area contributed by atoms with E-state index in [1.165, 1.54) is 4.90 Å². The van der Waals surface area contributed by atoms with Gasteiger partial charge >= 0.3 is 12.1 Å². The van der Waals surface area contributed by atoms with Crippen molar-refractivity contribution in [1.29, 1.82) is 0 Å². The molecular weight excluding hydrogens is 162 g/mol. The fourth-order valence-corrected chi connectivity index (χ4v) is 1.17. The van der Waals surface area contributed by atoms with Crippen molar-refractivity contribution in [1.82, 2.24) is 4.90 Å². The van der Waals surface area contributed by atoms with Crippen molar-refractivity contribution in [2.75, 3.05) is 13.2 Å². The van der Waals surface area contributed by atoms with Crippen LogP contribution in [0.25, 0.3) is 0 Å². The van der Waals surface area contributed by atoms with Gasteiger partial charge in [-0.1, -0.05) is 0 Å². The Kier molecular flexibility index (Phi) is 2.52. The number of carboxylic acids is 1. The summed E-state index contributed by atoms with van der Waals surface area (Å²) in [5, 5.41) is 8.45. The maximum absolute atomic E-state index is 10.9. The van der Waals surface area contributed by atoms with Gasteiger partial charge in [-0.2, -0.15) is 0 Å². The molecule has 1 fully saturated rings. The van der Waals surface area contributed by atoms with Gasteiger partial charge in [0.15, 0.2) is 0 Å². The number of amides is 1. The Morgan fingerprint density at radius 3 is 2.92 bits per heavy atom. The fourth-order valence-electron chi connectivity index (χ4n) is 1.17. The molecule has 0 aromatic heterocycles. The van der Waals surface area contributed by atoms with Crippen LogP contribution in [0.4, 0.5) is 4.79 Å². The highest BCUT2D eigenvalue weighted by Gasteiger charge is 2.27. The number of rotatable bonds is 3. The maximum atomic E-state index is 10.9. The summed E-state index contributed by atoms with van der Waals surface area (Å²) in [4.78, 5) is 22.6. The predicted molar refractivity (Wildman–Crippen MR) is 39.8 cm³/mol.